The van der Waals surface area contributed by atoms with Gasteiger partial charge in [-0.15, -0.1) is 0 Å². The molecule has 174 valence electrons. The zero-order chi connectivity index (χ0) is 23.4. The summed E-state index contributed by atoms with van der Waals surface area (Å²) in [6, 6.07) is 3.66. The number of carbonyl (C=O) groups excluding carboxylic acids is 1. The molecule has 0 aromatic carbocycles. The van der Waals surface area contributed by atoms with E-state index in [1.165, 1.54) is 0 Å². The van der Waals surface area contributed by atoms with Crippen molar-refractivity contribution < 1.29 is 18.8 Å². The number of pyridine rings is 1. The molecule has 9 nitrogen and oxygen atoms in total. The van der Waals surface area contributed by atoms with Gasteiger partial charge >= 0.3 is 7.12 Å². The summed E-state index contributed by atoms with van der Waals surface area (Å²) in [5, 5.41) is 3.42. The van der Waals surface area contributed by atoms with Crippen molar-refractivity contribution >= 4 is 24.4 Å². The van der Waals surface area contributed by atoms with Gasteiger partial charge in [-0.2, -0.15) is 0 Å². The molecule has 2 aromatic heterocycles. The summed E-state index contributed by atoms with van der Waals surface area (Å²) >= 11 is 0. The lowest BCUT2D eigenvalue weighted by Gasteiger charge is -2.57. The second kappa shape index (κ2) is 7.67. The Hall–Kier alpha value is -2.72. The van der Waals surface area contributed by atoms with Gasteiger partial charge in [-0.3, -0.25) is 4.79 Å². The molecule has 1 saturated heterocycles. The topological polar surface area (TPSA) is 121 Å². The maximum Gasteiger partial charge on any atom is 0.498 e. The van der Waals surface area contributed by atoms with Crippen LogP contribution in [-0.4, -0.2) is 51.3 Å². The fraction of sp³-hybridized carbons (Fsp3) is 0.565. The van der Waals surface area contributed by atoms with Crippen molar-refractivity contribution in [2.24, 2.45) is 11.1 Å². The SMILES string of the molecule is CC1(C)OB(c2cnc(NC3CC4(C3)CC(Oc3ncccc3C(N)=O)C4)nc2)OC1(C)C. The molecule has 0 bridgehead atoms. The van der Waals surface area contributed by atoms with Gasteiger partial charge in [0.15, 0.2) is 0 Å². The number of nitrogens with zero attached hydrogens (tertiary/aromatic N) is 3. The molecule has 2 saturated carbocycles. The van der Waals surface area contributed by atoms with Crippen LogP contribution in [0.4, 0.5) is 5.95 Å². The molecule has 3 heterocycles. The lowest BCUT2D eigenvalue weighted by atomic mass is 9.53. The van der Waals surface area contributed by atoms with E-state index in [1.807, 2.05) is 27.7 Å². The molecule has 1 spiro atoms. The molecule has 0 unspecified atom stereocenters. The number of nitrogens with one attached hydrogen (secondary N) is 1. The van der Waals surface area contributed by atoms with Crippen LogP contribution in [0.1, 0.15) is 63.7 Å². The number of aromatic nitrogens is 3. The minimum absolute atomic E-state index is 0.0643. The molecular weight excluding hydrogens is 421 g/mol. The van der Waals surface area contributed by atoms with Crippen LogP contribution in [0.25, 0.3) is 0 Å². The normalized spacial score (nSPS) is 29.3. The highest BCUT2D eigenvalue weighted by Gasteiger charge is 2.54. The second-order valence-electron chi connectivity index (χ2n) is 10.5. The highest BCUT2D eigenvalue weighted by Crippen LogP contribution is 2.57. The Balaban J connectivity index is 1.10. The molecule has 1 aliphatic heterocycles. The van der Waals surface area contributed by atoms with Gasteiger partial charge in [0.1, 0.15) is 11.7 Å². The summed E-state index contributed by atoms with van der Waals surface area (Å²) < 4.78 is 18.1. The van der Waals surface area contributed by atoms with Crippen LogP contribution >= 0.6 is 0 Å². The van der Waals surface area contributed by atoms with Crippen LogP contribution in [0.2, 0.25) is 0 Å². The molecule has 10 heteroatoms. The minimum atomic E-state index is -0.524. The van der Waals surface area contributed by atoms with Crippen molar-refractivity contribution in [3.8, 4) is 5.88 Å². The molecule has 0 atom stereocenters. The fourth-order valence-corrected chi connectivity index (χ4v) is 4.94. The van der Waals surface area contributed by atoms with E-state index >= 15 is 0 Å². The van der Waals surface area contributed by atoms with Crippen LogP contribution in [0.5, 0.6) is 5.88 Å². The number of hydrogen-bond acceptors (Lipinski definition) is 8. The van der Waals surface area contributed by atoms with Gasteiger partial charge in [0, 0.05) is 30.1 Å². The van der Waals surface area contributed by atoms with Gasteiger partial charge < -0.3 is 25.1 Å². The van der Waals surface area contributed by atoms with Crippen molar-refractivity contribution in [2.75, 3.05) is 5.32 Å². The molecule has 5 rings (SSSR count). The van der Waals surface area contributed by atoms with Crippen LogP contribution in [0.15, 0.2) is 30.7 Å². The Morgan fingerprint density at radius 1 is 1.09 bits per heavy atom. The monoisotopic (exact) mass is 451 g/mol. The number of nitrogens with two attached hydrogens (primary N) is 1. The first-order chi connectivity index (χ1) is 15.6. The Kier molecular flexibility index (Phi) is 5.13. The van der Waals surface area contributed by atoms with Crippen LogP contribution in [-0.2, 0) is 9.31 Å². The third-order valence-electron chi connectivity index (χ3n) is 7.53. The highest BCUT2D eigenvalue weighted by molar-refractivity contribution is 6.61. The third kappa shape index (κ3) is 4.06. The average Bonchev–Trinajstić information content (AvgIpc) is 2.92. The first-order valence-corrected chi connectivity index (χ1v) is 11.4. The summed E-state index contributed by atoms with van der Waals surface area (Å²) in [4.78, 5) is 24.6. The van der Waals surface area contributed by atoms with Crippen LogP contribution in [0, 0.1) is 5.41 Å². The van der Waals surface area contributed by atoms with E-state index < -0.39 is 24.2 Å². The van der Waals surface area contributed by atoms with Crippen LogP contribution < -0.4 is 21.3 Å². The first kappa shape index (κ1) is 22.1. The van der Waals surface area contributed by atoms with Crippen molar-refractivity contribution in [2.45, 2.75) is 76.7 Å². The lowest BCUT2D eigenvalue weighted by molar-refractivity contribution is -0.0760. The van der Waals surface area contributed by atoms with E-state index in [0.29, 0.717) is 23.4 Å². The number of anilines is 1. The Labute approximate surface area is 194 Å². The number of rotatable bonds is 6. The maximum atomic E-state index is 11.5. The molecule has 3 fully saturated rings. The van der Waals surface area contributed by atoms with Crippen molar-refractivity contribution in [3.05, 3.63) is 36.3 Å². The largest absolute Gasteiger partial charge is 0.498 e. The zero-order valence-corrected chi connectivity index (χ0v) is 19.5. The van der Waals surface area contributed by atoms with Gasteiger partial charge in [0.25, 0.3) is 5.91 Å². The summed E-state index contributed by atoms with van der Waals surface area (Å²) in [6.45, 7) is 8.11. The molecule has 3 aliphatic rings. The predicted octanol–water partition coefficient (Wildman–Crippen LogP) is 2.07. The smallest absolute Gasteiger partial charge is 0.474 e. The molecular formula is C23H30BN5O4. The number of hydrogen-bond donors (Lipinski definition) is 2. The second-order valence-corrected chi connectivity index (χ2v) is 10.5. The Bertz CT molecular complexity index is 1030. The van der Waals surface area contributed by atoms with E-state index in [9.17, 15) is 4.79 Å². The predicted molar refractivity (Wildman–Crippen MR) is 123 cm³/mol. The van der Waals surface area contributed by atoms with Gasteiger partial charge in [-0.25, -0.2) is 15.0 Å². The number of carbonyl (C=O) groups is 1. The van der Waals surface area contributed by atoms with E-state index in [4.69, 9.17) is 19.8 Å². The van der Waals surface area contributed by atoms with E-state index in [2.05, 4.69) is 20.3 Å². The molecule has 1 amide bonds. The molecule has 3 N–H and O–H groups in total. The van der Waals surface area contributed by atoms with Gasteiger partial charge in [0.2, 0.25) is 11.8 Å². The van der Waals surface area contributed by atoms with Gasteiger partial charge in [-0.1, -0.05) is 0 Å². The van der Waals surface area contributed by atoms with Crippen molar-refractivity contribution in [1.82, 2.24) is 15.0 Å². The van der Waals surface area contributed by atoms with E-state index in [1.54, 1.807) is 30.7 Å². The maximum absolute atomic E-state index is 11.5. The first-order valence-electron chi connectivity index (χ1n) is 11.4. The summed E-state index contributed by atoms with van der Waals surface area (Å²) in [5.41, 5.74) is 6.05. The molecule has 0 radical (unpaired) electrons. The minimum Gasteiger partial charge on any atom is -0.474 e. The quantitative estimate of drug-likeness (QED) is 0.641. The number of amides is 1. The van der Waals surface area contributed by atoms with Gasteiger partial charge in [0.05, 0.1) is 11.2 Å². The summed E-state index contributed by atoms with van der Waals surface area (Å²) in [5.74, 6) is 0.417. The summed E-state index contributed by atoms with van der Waals surface area (Å²) in [7, 11) is -0.461. The average molecular weight is 451 g/mol. The Morgan fingerprint density at radius 3 is 2.33 bits per heavy atom. The standard InChI is InChI=1S/C23H30BN5O4/c1-21(2)22(3,4)33-24(32-21)14-12-27-20(28-13-14)29-15-8-23(9-15)10-16(11-23)31-19-17(18(25)30)6-5-7-26-19/h5-7,12-13,15-16H,8-11H2,1-4H3,(H2,25,30)(H,27,28,29). The van der Waals surface area contributed by atoms with Crippen molar-refractivity contribution in [1.29, 1.82) is 0 Å². The number of ether oxygens (including phenoxy) is 1. The number of primary amides is 1. The summed E-state index contributed by atoms with van der Waals surface area (Å²) in [6.07, 6.45) is 9.18. The zero-order valence-electron chi connectivity index (χ0n) is 19.5. The molecule has 2 aliphatic carbocycles. The highest BCUT2D eigenvalue weighted by atomic mass is 16.7. The van der Waals surface area contributed by atoms with Gasteiger partial charge in [-0.05, 0) is 70.9 Å². The third-order valence-corrected chi connectivity index (χ3v) is 7.53. The van der Waals surface area contributed by atoms with Crippen LogP contribution in [0.3, 0.4) is 0 Å². The molecule has 33 heavy (non-hydrogen) atoms. The van der Waals surface area contributed by atoms with E-state index in [0.717, 1.165) is 31.1 Å². The van der Waals surface area contributed by atoms with Crippen molar-refractivity contribution in [3.63, 3.8) is 0 Å². The molecule has 2 aromatic rings. The lowest BCUT2D eigenvalue weighted by Crippen LogP contribution is -2.56. The fourth-order valence-electron chi connectivity index (χ4n) is 4.94. The Morgan fingerprint density at radius 2 is 1.73 bits per heavy atom. The van der Waals surface area contributed by atoms with E-state index in [-0.39, 0.29) is 11.5 Å².